The van der Waals surface area contributed by atoms with Crippen LogP contribution in [0.2, 0.25) is 0 Å². The van der Waals surface area contributed by atoms with E-state index in [0.29, 0.717) is 0 Å². The Morgan fingerprint density at radius 2 is 1.56 bits per heavy atom. The highest BCUT2D eigenvalue weighted by Crippen LogP contribution is 2.20. The van der Waals surface area contributed by atoms with Crippen molar-refractivity contribution in [2.45, 2.75) is 17.2 Å². The average molecular weight is 514 g/mol. The molecule has 11 heteroatoms. The van der Waals surface area contributed by atoms with Crippen LogP contribution in [0.4, 0.5) is 4.39 Å². The first-order valence-electron chi connectivity index (χ1n) is 11.2. The normalized spacial score (nSPS) is 14.8. The van der Waals surface area contributed by atoms with Crippen molar-refractivity contribution in [1.29, 1.82) is 0 Å². The third kappa shape index (κ3) is 5.15. The quantitative estimate of drug-likeness (QED) is 0.540. The molecule has 2 heterocycles. The molecule has 0 radical (unpaired) electrons. The second-order valence-electron chi connectivity index (χ2n) is 8.29. The summed E-state index contributed by atoms with van der Waals surface area (Å²) in [5.74, 6) is -3.01. The molecule has 0 aliphatic carbocycles. The molecule has 0 bridgehead atoms. The van der Waals surface area contributed by atoms with Crippen LogP contribution >= 0.6 is 0 Å². The first-order valence-corrected chi connectivity index (χ1v) is 12.7. The number of rotatable bonds is 6. The van der Waals surface area contributed by atoms with Gasteiger partial charge in [-0.15, -0.1) is 0 Å². The predicted octanol–water partition coefficient (Wildman–Crippen LogP) is 2.24. The number of amides is 3. The Bertz CT molecular complexity index is 1370. The van der Waals surface area contributed by atoms with Crippen molar-refractivity contribution in [2.24, 2.45) is 0 Å². The SMILES string of the molecule is Cc1ccc(S(=O)(=O)C(NC(=O)c2ccco2)C(=O)N2CCN(C(=O)c3ccccc3F)CC2)cc1. The van der Waals surface area contributed by atoms with Gasteiger partial charge in [0.15, 0.2) is 5.76 Å². The first kappa shape index (κ1) is 25.1. The van der Waals surface area contributed by atoms with Gasteiger partial charge < -0.3 is 19.5 Å². The van der Waals surface area contributed by atoms with Crippen molar-refractivity contribution in [3.8, 4) is 0 Å². The van der Waals surface area contributed by atoms with Gasteiger partial charge in [0.1, 0.15) is 5.82 Å². The summed E-state index contributed by atoms with van der Waals surface area (Å²) in [7, 11) is -4.33. The van der Waals surface area contributed by atoms with Crippen LogP contribution < -0.4 is 5.32 Å². The van der Waals surface area contributed by atoms with Gasteiger partial charge in [-0.2, -0.15) is 0 Å². The Balaban J connectivity index is 1.54. The Labute approximate surface area is 207 Å². The monoisotopic (exact) mass is 513 g/mol. The van der Waals surface area contributed by atoms with Crippen molar-refractivity contribution in [3.05, 3.63) is 89.6 Å². The Kier molecular flexibility index (Phi) is 7.20. The lowest BCUT2D eigenvalue weighted by atomic mass is 10.1. The van der Waals surface area contributed by atoms with E-state index in [9.17, 15) is 27.2 Å². The molecule has 188 valence electrons. The minimum absolute atomic E-state index is 0.00949. The molecule has 3 amide bonds. The Morgan fingerprint density at radius 1 is 0.917 bits per heavy atom. The van der Waals surface area contributed by atoms with Crippen LogP contribution in [0.1, 0.15) is 26.5 Å². The lowest BCUT2D eigenvalue weighted by Gasteiger charge is -2.36. The number of nitrogens with one attached hydrogen (secondary N) is 1. The average Bonchev–Trinajstić information content (AvgIpc) is 3.42. The molecule has 3 aromatic rings. The molecule has 1 aromatic heterocycles. The molecule has 1 saturated heterocycles. The number of carbonyl (C=O) groups excluding carboxylic acids is 3. The summed E-state index contributed by atoms with van der Waals surface area (Å²) >= 11 is 0. The summed E-state index contributed by atoms with van der Waals surface area (Å²) in [6, 6.07) is 14.3. The standard InChI is InChI=1S/C25H24FN3O6S/c1-17-8-10-18(11-9-17)36(33,34)23(27-22(30)21-7-4-16-35-21)25(32)29-14-12-28(13-15-29)24(31)19-5-2-3-6-20(19)26/h2-11,16,23H,12-15H2,1H3,(H,27,30). The number of nitrogens with zero attached hydrogens (tertiary/aromatic N) is 2. The number of halogens is 1. The number of furan rings is 1. The van der Waals surface area contributed by atoms with Gasteiger partial charge in [0, 0.05) is 26.2 Å². The molecule has 1 atom stereocenters. The van der Waals surface area contributed by atoms with Crippen molar-refractivity contribution >= 4 is 27.6 Å². The van der Waals surface area contributed by atoms with Crippen LogP contribution in [0.3, 0.4) is 0 Å². The zero-order valence-electron chi connectivity index (χ0n) is 19.4. The molecule has 4 rings (SSSR count). The van der Waals surface area contributed by atoms with Crippen LogP contribution in [0, 0.1) is 12.7 Å². The summed E-state index contributed by atoms with van der Waals surface area (Å²) < 4.78 is 45.9. The van der Waals surface area contributed by atoms with Crippen LogP contribution in [0.15, 0.2) is 76.2 Å². The van der Waals surface area contributed by atoms with E-state index in [-0.39, 0.29) is 42.4 Å². The summed E-state index contributed by atoms with van der Waals surface area (Å²) in [6.07, 6.45) is 1.26. The van der Waals surface area contributed by atoms with E-state index in [1.165, 1.54) is 58.5 Å². The van der Waals surface area contributed by atoms with Crippen LogP contribution in [0.25, 0.3) is 0 Å². The number of sulfone groups is 1. The number of benzene rings is 2. The first-order chi connectivity index (χ1) is 17.2. The molecule has 0 saturated carbocycles. The van der Waals surface area contributed by atoms with E-state index < -0.39 is 38.7 Å². The topological polar surface area (TPSA) is 117 Å². The highest BCUT2D eigenvalue weighted by molar-refractivity contribution is 7.92. The summed E-state index contributed by atoms with van der Waals surface area (Å²) in [4.78, 5) is 41.3. The molecule has 9 nitrogen and oxygen atoms in total. The molecule has 1 unspecified atom stereocenters. The summed E-state index contributed by atoms with van der Waals surface area (Å²) in [5, 5.41) is 0.385. The lowest BCUT2D eigenvalue weighted by Crippen LogP contribution is -2.57. The van der Waals surface area contributed by atoms with Gasteiger partial charge in [-0.3, -0.25) is 14.4 Å². The maximum atomic E-state index is 14.0. The molecule has 1 N–H and O–H groups in total. The Hall–Kier alpha value is -3.99. The minimum Gasteiger partial charge on any atom is -0.459 e. The third-order valence-corrected chi connectivity index (χ3v) is 7.74. The molecule has 1 fully saturated rings. The minimum atomic E-state index is -4.33. The number of hydrogen-bond acceptors (Lipinski definition) is 6. The van der Waals surface area contributed by atoms with Crippen molar-refractivity contribution in [3.63, 3.8) is 0 Å². The molecule has 36 heavy (non-hydrogen) atoms. The van der Waals surface area contributed by atoms with Gasteiger partial charge >= 0.3 is 0 Å². The molecule has 0 spiro atoms. The lowest BCUT2D eigenvalue weighted by molar-refractivity contribution is -0.132. The second kappa shape index (κ2) is 10.3. The van der Waals surface area contributed by atoms with Gasteiger partial charge in [-0.25, -0.2) is 12.8 Å². The molecule has 1 aliphatic heterocycles. The van der Waals surface area contributed by atoms with E-state index in [1.54, 1.807) is 25.1 Å². The molecule has 1 aliphatic rings. The number of hydrogen-bond donors (Lipinski definition) is 1. The predicted molar refractivity (Wildman–Crippen MR) is 127 cm³/mol. The number of piperazine rings is 1. The van der Waals surface area contributed by atoms with E-state index in [4.69, 9.17) is 4.42 Å². The van der Waals surface area contributed by atoms with E-state index in [2.05, 4.69) is 5.32 Å². The third-order valence-electron chi connectivity index (χ3n) is 5.87. The van der Waals surface area contributed by atoms with E-state index >= 15 is 0 Å². The van der Waals surface area contributed by atoms with Gasteiger partial charge in [0.2, 0.25) is 15.2 Å². The fourth-order valence-electron chi connectivity index (χ4n) is 3.83. The largest absolute Gasteiger partial charge is 0.459 e. The smallest absolute Gasteiger partial charge is 0.288 e. The van der Waals surface area contributed by atoms with Gasteiger partial charge in [-0.05, 0) is 43.3 Å². The summed E-state index contributed by atoms with van der Waals surface area (Å²) in [5.41, 5.74) is 0.745. The molecule has 2 aromatic carbocycles. The van der Waals surface area contributed by atoms with Crippen LogP contribution in [0.5, 0.6) is 0 Å². The molecular weight excluding hydrogens is 489 g/mol. The highest BCUT2D eigenvalue weighted by atomic mass is 32.2. The highest BCUT2D eigenvalue weighted by Gasteiger charge is 2.40. The van der Waals surface area contributed by atoms with Crippen LogP contribution in [-0.4, -0.2) is 67.5 Å². The number of aryl methyl sites for hydroxylation is 1. The second-order valence-corrected chi connectivity index (χ2v) is 10.3. The van der Waals surface area contributed by atoms with Gasteiger partial charge in [-0.1, -0.05) is 29.8 Å². The van der Waals surface area contributed by atoms with Crippen molar-refractivity contribution in [2.75, 3.05) is 26.2 Å². The fraction of sp³-hybridized carbons (Fsp3) is 0.240. The van der Waals surface area contributed by atoms with E-state index in [0.717, 1.165) is 5.56 Å². The van der Waals surface area contributed by atoms with Gasteiger partial charge in [0.05, 0.1) is 16.7 Å². The van der Waals surface area contributed by atoms with Crippen molar-refractivity contribution < 1.29 is 31.6 Å². The van der Waals surface area contributed by atoms with Gasteiger partial charge in [0.25, 0.3) is 17.7 Å². The maximum Gasteiger partial charge on any atom is 0.288 e. The summed E-state index contributed by atoms with van der Waals surface area (Å²) in [6.45, 7) is 1.95. The van der Waals surface area contributed by atoms with Crippen LogP contribution in [-0.2, 0) is 14.6 Å². The fourth-order valence-corrected chi connectivity index (χ4v) is 5.30. The van der Waals surface area contributed by atoms with Crippen molar-refractivity contribution in [1.82, 2.24) is 15.1 Å². The maximum absolute atomic E-state index is 14.0. The van der Waals surface area contributed by atoms with E-state index in [1.807, 2.05) is 0 Å². The number of carbonyl (C=O) groups is 3. The zero-order valence-corrected chi connectivity index (χ0v) is 20.2. The Morgan fingerprint density at radius 3 is 2.17 bits per heavy atom. The zero-order chi connectivity index (χ0) is 25.9. The molecular formula is C25H24FN3O6S.